The lowest BCUT2D eigenvalue weighted by molar-refractivity contribution is -0.607. The van der Waals surface area contributed by atoms with E-state index >= 15 is 0 Å². The predicted molar refractivity (Wildman–Crippen MR) is 41.8 cm³/mol. The van der Waals surface area contributed by atoms with E-state index in [1.165, 1.54) is 12.3 Å². The van der Waals surface area contributed by atoms with Gasteiger partial charge in [-0.2, -0.15) is 4.73 Å². The first-order valence-corrected chi connectivity index (χ1v) is 3.44. The molecule has 0 aliphatic rings. The number of aryl methyl sites for hydroxylation is 1. The molecule has 64 valence electrons. The van der Waals surface area contributed by atoms with Crippen LogP contribution >= 0.6 is 11.6 Å². The minimum atomic E-state index is -0.691. The molecular formula is C6H5ClN2O3. The fourth-order valence-electron chi connectivity index (χ4n) is 0.795. The highest BCUT2D eigenvalue weighted by atomic mass is 35.5. The van der Waals surface area contributed by atoms with Gasteiger partial charge in [-0.25, -0.2) is 0 Å². The van der Waals surface area contributed by atoms with E-state index in [-0.39, 0.29) is 10.4 Å². The summed E-state index contributed by atoms with van der Waals surface area (Å²) in [7, 11) is 0. The zero-order valence-corrected chi connectivity index (χ0v) is 6.91. The van der Waals surface area contributed by atoms with Crippen molar-refractivity contribution in [3.05, 3.63) is 38.3 Å². The predicted octanol–water partition coefficient (Wildman–Crippen LogP) is 1.19. The first-order valence-electron chi connectivity index (χ1n) is 3.06. The quantitative estimate of drug-likeness (QED) is 0.219. The van der Waals surface area contributed by atoms with E-state index in [2.05, 4.69) is 0 Å². The maximum atomic E-state index is 10.8. The Morgan fingerprint density at radius 3 is 2.75 bits per heavy atom. The summed E-state index contributed by atoms with van der Waals surface area (Å²) < 4.78 is 0.273. The van der Waals surface area contributed by atoms with Crippen LogP contribution in [-0.2, 0) is 0 Å². The number of aromatic nitrogens is 1. The fourth-order valence-corrected chi connectivity index (χ4v) is 0.967. The van der Waals surface area contributed by atoms with Gasteiger partial charge in [0.05, 0.1) is 4.92 Å². The summed E-state index contributed by atoms with van der Waals surface area (Å²) in [6, 6.07) is 1.25. The number of hydrogen-bond acceptors (Lipinski definition) is 3. The zero-order valence-electron chi connectivity index (χ0n) is 6.15. The number of hydrogen-bond donors (Lipinski definition) is 0. The van der Waals surface area contributed by atoms with Crippen LogP contribution in [0.3, 0.4) is 0 Å². The van der Waals surface area contributed by atoms with Crippen molar-refractivity contribution >= 4 is 17.3 Å². The van der Waals surface area contributed by atoms with Crippen LogP contribution in [0.5, 0.6) is 0 Å². The zero-order chi connectivity index (χ0) is 9.30. The molecule has 0 unspecified atom stereocenters. The van der Waals surface area contributed by atoms with Crippen LogP contribution in [0, 0.1) is 22.2 Å². The van der Waals surface area contributed by atoms with Crippen molar-refractivity contribution in [3.8, 4) is 0 Å². The molecule has 0 bridgehead atoms. The summed E-state index contributed by atoms with van der Waals surface area (Å²) in [5, 5.41) is 20.7. The Kier molecular flexibility index (Phi) is 2.14. The molecular weight excluding hydrogens is 184 g/mol. The van der Waals surface area contributed by atoms with Crippen LogP contribution in [0.2, 0.25) is 5.15 Å². The van der Waals surface area contributed by atoms with E-state index in [9.17, 15) is 15.3 Å². The topological polar surface area (TPSA) is 70.1 Å². The fraction of sp³-hybridized carbons (Fsp3) is 0.167. The van der Waals surface area contributed by atoms with Crippen molar-refractivity contribution in [3.63, 3.8) is 0 Å². The summed E-state index contributed by atoms with van der Waals surface area (Å²) >= 11 is 5.37. The Bertz CT molecular complexity index is 340. The average Bonchev–Trinajstić information content (AvgIpc) is 1.96. The van der Waals surface area contributed by atoms with E-state index < -0.39 is 10.1 Å². The van der Waals surface area contributed by atoms with Gasteiger partial charge >= 0.3 is 10.8 Å². The third-order valence-electron chi connectivity index (χ3n) is 1.29. The molecule has 12 heavy (non-hydrogen) atoms. The minimum absolute atomic E-state index is 0.273. The standard InChI is InChI=1S/C6H5ClN2O3/c1-4-2-5(9(11)12)6(7)8(10)3-4/h2-3H,1H3. The largest absolute Gasteiger partial charge is 0.617 e. The van der Waals surface area contributed by atoms with Gasteiger partial charge in [0.15, 0.2) is 6.20 Å². The highest BCUT2D eigenvalue weighted by molar-refractivity contribution is 6.30. The molecule has 0 aromatic carbocycles. The highest BCUT2D eigenvalue weighted by Crippen LogP contribution is 2.20. The van der Waals surface area contributed by atoms with Gasteiger partial charge in [0.1, 0.15) is 0 Å². The Labute approximate surface area is 72.9 Å². The van der Waals surface area contributed by atoms with E-state index in [0.29, 0.717) is 5.56 Å². The summed E-state index contributed by atoms with van der Waals surface area (Å²) in [5.74, 6) is 0. The van der Waals surface area contributed by atoms with E-state index in [0.717, 1.165) is 0 Å². The van der Waals surface area contributed by atoms with Crippen molar-refractivity contribution in [2.75, 3.05) is 0 Å². The number of halogens is 1. The summed E-state index contributed by atoms with van der Waals surface area (Å²) in [5.41, 5.74) is 0.132. The SMILES string of the molecule is Cc1cc([N+](=O)[O-])c(Cl)[n+]([O-])c1. The van der Waals surface area contributed by atoms with E-state index in [4.69, 9.17) is 11.6 Å². The highest BCUT2D eigenvalue weighted by Gasteiger charge is 2.20. The molecule has 6 heteroatoms. The molecule has 0 aliphatic carbocycles. The summed E-state index contributed by atoms with van der Waals surface area (Å²) in [6.07, 6.45) is 1.18. The minimum Gasteiger partial charge on any atom is -0.617 e. The van der Waals surface area contributed by atoms with Gasteiger partial charge in [-0.3, -0.25) is 10.1 Å². The second kappa shape index (κ2) is 2.94. The molecule has 0 spiro atoms. The van der Waals surface area contributed by atoms with Gasteiger partial charge in [0.2, 0.25) is 0 Å². The number of pyridine rings is 1. The van der Waals surface area contributed by atoms with Crippen LogP contribution in [-0.4, -0.2) is 4.92 Å². The Morgan fingerprint density at radius 1 is 1.67 bits per heavy atom. The van der Waals surface area contributed by atoms with Gasteiger partial charge in [0.25, 0.3) is 0 Å². The van der Waals surface area contributed by atoms with E-state index in [1.807, 2.05) is 0 Å². The van der Waals surface area contributed by atoms with Crippen LogP contribution < -0.4 is 4.73 Å². The monoisotopic (exact) mass is 188 g/mol. The molecule has 1 aromatic rings. The van der Waals surface area contributed by atoms with E-state index in [1.54, 1.807) is 6.92 Å². The molecule has 0 N–H and O–H groups in total. The molecule has 0 amide bonds. The van der Waals surface area contributed by atoms with Gasteiger partial charge in [0, 0.05) is 11.6 Å². The molecule has 5 nitrogen and oxygen atoms in total. The molecule has 0 fully saturated rings. The maximum Gasteiger partial charge on any atom is 0.365 e. The van der Waals surface area contributed by atoms with Crippen molar-refractivity contribution in [2.24, 2.45) is 0 Å². The molecule has 0 atom stereocenters. The van der Waals surface area contributed by atoms with Crippen molar-refractivity contribution in [1.82, 2.24) is 0 Å². The number of nitrogens with zero attached hydrogens (tertiary/aromatic N) is 2. The van der Waals surface area contributed by atoms with Crippen LogP contribution in [0.15, 0.2) is 12.3 Å². The van der Waals surface area contributed by atoms with Crippen LogP contribution in [0.25, 0.3) is 0 Å². The lowest BCUT2D eigenvalue weighted by Crippen LogP contribution is -2.28. The third-order valence-corrected chi connectivity index (χ3v) is 1.65. The Hall–Kier alpha value is -1.36. The lowest BCUT2D eigenvalue weighted by Gasteiger charge is -1.99. The normalized spacial score (nSPS) is 9.83. The second-order valence-corrected chi connectivity index (χ2v) is 2.63. The van der Waals surface area contributed by atoms with Gasteiger partial charge in [-0.05, 0) is 18.5 Å². The Balaban J connectivity index is 3.37. The Morgan fingerprint density at radius 2 is 2.25 bits per heavy atom. The summed E-state index contributed by atoms with van der Waals surface area (Å²) in [6.45, 7) is 1.58. The van der Waals surface area contributed by atoms with Crippen LogP contribution in [0.4, 0.5) is 5.69 Å². The molecule has 0 saturated heterocycles. The van der Waals surface area contributed by atoms with Crippen molar-refractivity contribution in [2.45, 2.75) is 6.92 Å². The molecule has 1 aromatic heterocycles. The van der Waals surface area contributed by atoms with Gasteiger partial charge < -0.3 is 5.21 Å². The number of nitro groups is 1. The average molecular weight is 189 g/mol. The smallest absolute Gasteiger partial charge is 0.365 e. The van der Waals surface area contributed by atoms with Gasteiger partial charge in [-0.1, -0.05) is 0 Å². The van der Waals surface area contributed by atoms with Gasteiger partial charge in [-0.15, -0.1) is 0 Å². The van der Waals surface area contributed by atoms with Crippen LogP contribution in [0.1, 0.15) is 5.56 Å². The lowest BCUT2D eigenvalue weighted by atomic mass is 10.3. The first kappa shape index (κ1) is 8.73. The van der Waals surface area contributed by atoms with Crippen molar-refractivity contribution in [1.29, 1.82) is 0 Å². The van der Waals surface area contributed by atoms with Crippen molar-refractivity contribution < 1.29 is 9.65 Å². The first-order chi connectivity index (χ1) is 5.52. The molecule has 1 heterocycles. The second-order valence-electron chi connectivity index (χ2n) is 2.28. The molecule has 0 aliphatic heterocycles. The summed E-state index contributed by atoms with van der Waals surface area (Å²) in [4.78, 5) is 9.60. The molecule has 0 radical (unpaired) electrons. The maximum absolute atomic E-state index is 10.8. The molecule has 1 rings (SSSR count). The molecule has 0 saturated carbocycles. The third kappa shape index (κ3) is 1.45. The number of rotatable bonds is 1.